The van der Waals surface area contributed by atoms with Gasteiger partial charge in [-0.1, -0.05) is 74.0 Å². The van der Waals surface area contributed by atoms with Gasteiger partial charge in [0.05, 0.1) is 23.0 Å². The second kappa shape index (κ2) is 10.1. The standard InChI is InChI=1S/C31H29ClN2O4/c1-19(35)34-26-12-8-7-11-24(26)33-25-16-31(2,3)17-27(36)28(25)29(34)22-14-13-21(15-23(22)32)30(37)38-18-20-9-5-4-6-10-20/h4-15,29,33H,16-18H2,1-3H3. The summed E-state index contributed by atoms with van der Waals surface area (Å²) in [5.74, 6) is -0.762. The molecule has 0 radical (unpaired) electrons. The fourth-order valence-corrected chi connectivity index (χ4v) is 5.60. The largest absolute Gasteiger partial charge is 0.457 e. The molecule has 0 fully saturated rings. The number of hydrogen-bond donors (Lipinski definition) is 1. The van der Waals surface area contributed by atoms with Gasteiger partial charge in [0.1, 0.15) is 6.61 Å². The number of nitrogens with one attached hydrogen (secondary N) is 1. The zero-order valence-electron chi connectivity index (χ0n) is 21.6. The van der Waals surface area contributed by atoms with Crippen LogP contribution in [0.15, 0.2) is 84.1 Å². The van der Waals surface area contributed by atoms with Crippen molar-refractivity contribution in [1.29, 1.82) is 0 Å². The lowest BCUT2D eigenvalue weighted by Gasteiger charge is -2.37. The highest BCUT2D eigenvalue weighted by molar-refractivity contribution is 6.32. The smallest absolute Gasteiger partial charge is 0.338 e. The SMILES string of the molecule is CC(=O)N1c2ccccc2NC2=C(C(=O)CC(C)(C)C2)C1c1ccc(C(=O)OCc2ccccc2)cc1Cl. The first-order valence-corrected chi connectivity index (χ1v) is 12.9. The summed E-state index contributed by atoms with van der Waals surface area (Å²) in [4.78, 5) is 41.2. The monoisotopic (exact) mass is 528 g/mol. The molecule has 0 saturated heterocycles. The number of allylic oxidation sites excluding steroid dienone is 1. The van der Waals surface area contributed by atoms with Crippen LogP contribution in [0.1, 0.15) is 61.1 Å². The Bertz CT molecular complexity index is 1460. The molecule has 3 aromatic rings. The van der Waals surface area contributed by atoms with E-state index in [1.165, 1.54) is 6.92 Å². The summed E-state index contributed by atoms with van der Waals surface area (Å²) >= 11 is 6.81. The van der Waals surface area contributed by atoms with Gasteiger partial charge in [0.15, 0.2) is 5.78 Å². The zero-order valence-corrected chi connectivity index (χ0v) is 22.3. The Morgan fingerprint density at radius 3 is 2.45 bits per heavy atom. The third-order valence-corrected chi connectivity index (χ3v) is 7.31. The van der Waals surface area contributed by atoms with Crippen LogP contribution in [0, 0.1) is 5.41 Å². The Kier molecular flexibility index (Phi) is 6.84. The number of esters is 1. The van der Waals surface area contributed by atoms with E-state index in [4.69, 9.17) is 16.3 Å². The number of amides is 1. The van der Waals surface area contributed by atoms with Crippen LogP contribution in [0.4, 0.5) is 11.4 Å². The van der Waals surface area contributed by atoms with Crippen molar-refractivity contribution in [1.82, 2.24) is 0 Å². The van der Waals surface area contributed by atoms with Crippen molar-refractivity contribution in [2.24, 2.45) is 5.41 Å². The minimum Gasteiger partial charge on any atom is -0.457 e. The van der Waals surface area contributed by atoms with E-state index >= 15 is 0 Å². The molecule has 6 nitrogen and oxygen atoms in total. The molecule has 5 rings (SSSR count). The third kappa shape index (κ3) is 4.96. The van der Waals surface area contributed by atoms with Gasteiger partial charge in [0, 0.05) is 29.6 Å². The van der Waals surface area contributed by atoms with Crippen molar-refractivity contribution in [2.45, 2.75) is 46.3 Å². The number of fused-ring (bicyclic) bond motifs is 1. The third-order valence-electron chi connectivity index (χ3n) is 6.98. The number of anilines is 2. The van der Waals surface area contributed by atoms with Crippen LogP contribution in [0.5, 0.6) is 0 Å². The lowest BCUT2D eigenvalue weighted by molar-refractivity contribution is -0.118. The minimum absolute atomic E-state index is 0.0322. The molecular formula is C31H29ClN2O4. The lowest BCUT2D eigenvalue weighted by Crippen LogP contribution is -2.38. The molecule has 0 aromatic heterocycles. The highest BCUT2D eigenvalue weighted by atomic mass is 35.5. The average Bonchev–Trinajstić information content (AvgIpc) is 3.01. The van der Waals surface area contributed by atoms with Crippen LogP contribution in [0.2, 0.25) is 5.02 Å². The van der Waals surface area contributed by atoms with E-state index in [0.29, 0.717) is 35.2 Å². The Balaban J connectivity index is 1.57. The minimum atomic E-state index is -0.746. The Labute approximate surface area is 227 Å². The van der Waals surface area contributed by atoms with Gasteiger partial charge >= 0.3 is 5.97 Å². The second-order valence-electron chi connectivity index (χ2n) is 10.6. The molecular weight excluding hydrogens is 500 g/mol. The number of para-hydroxylation sites is 2. The number of nitrogens with zero attached hydrogens (tertiary/aromatic N) is 1. The quantitative estimate of drug-likeness (QED) is 0.374. The van der Waals surface area contributed by atoms with Gasteiger partial charge in [-0.15, -0.1) is 0 Å². The van der Waals surface area contributed by atoms with Crippen molar-refractivity contribution in [3.05, 3.63) is 106 Å². The van der Waals surface area contributed by atoms with Crippen molar-refractivity contribution in [3.63, 3.8) is 0 Å². The number of rotatable bonds is 4. The van der Waals surface area contributed by atoms with Crippen molar-refractivity contribution in [3.8, 4) is 0 Å². The molecule has 0 spiro atoms. The summed E-state index contributed by atoms with van der Waals surface area (Å²) in [6.45, 7) is 5.75. The first-order chi connectivity index (χ1) is 18.1. The first kappa shape index (κ1) is 25.7. The molecule has 0 saturated carbocycles. The van der Waals surface area contributed by atoms with Crippen LogP contribution in [-0.4, -0.2) is 17.7 Å². The van der Waals surface area contributed by atoms with Crippen molar-refractivity contribution >= 4 is 40.6 Å². The molecule has 7 heteroatoms. The lowest BCUT2D eigenvalue weighted by atomic mass is 9.73. The van der Waals surface area contributed by atoms with E-state index in [1.807, 2.05) is 54.6 Å². The Morgan fingerprint density at radius 1 is 1.03 bits per heavy atom. The van der Waals surface area contributed by atoms with Gasteiger partial charge in [0.25, 0.3) is 0 Å². The molecule has 0 bridgehead atoms. The fourth-order valence-electron chi connectivity index (χ4n) is 5.31. The van der Waals surface area contributed by atoms with Crippen molar-refractivity contribution in [2.75, 3.05) is 10.2 Å². The number of carbonyl (C=O) groups is 3. The molecule has 38 heavy (non-hydrogen) atoms. The van der Waals surface area contributed by atoms with Gasteiger partial charge in [-0.25, -0.2) is 4.79 Å². The Morgan fingerprint density at radius 2 is 1.74 bits per heavy atom. The van der Waals surface area contributed by atoms with E-state index in [2.05, 4.69) is 19.2 Å². The van der Waals surface area contributed by atoms with Crippen molar-refractivity contribution < 1.29 is 19.1 Å². The number of hydrogen-bond acceptors (Lipinski definition) is 5. The van der Waals surface area contributed by atoms with Gasteiger partial charge in [-0.2, -0.15) is 0 Å². The van der Waals surface area contributed by atoms with Gasteiger partial charge in [-0.05, 0) is 47.2 Å². The molecule has 1 amide bonds. The van der Waals surface area contributed by atoms with Gasteiger partial charge < -0.3 is 10.1 Å². The molecule has 1 N–H and O–H groups in total. The average molecular weight is 529 g/mol. The summed E-state index contributed by atoms with van der Waals surface area (Å²) in [6, 6.07) is 21.1. The van der Waals surface area contributed by atoms with E-state index in [1.54, 1.807) is 23.1 Å². The second-order valence-corrected chi connectivity index (χ2v) is 11.0. The number of ether oxygens (including phenoxy) is 1. The van der Waals surface area contributed by atoms with E-state index in [9.17, 15) is 14.4 Å². The zero-order chi connectivity index (χ0) is 27.0. The molecule has 1 aliphatic heterocycles. The summed E-state index contributed by atoms with van der Waals surface area (Å²) in [7, 11) is 0. The number of benzene rings is 3. The van der Waals surface area contributed by atoms with Crippen LogP contribution in [0.3, 0.4) is 0 Å². The number of carbonyl (C=O) groups excluding carboxylic acids is 3. The predicted molar refractivity (Wildman–Crippen MR) is 148 cm³/mol. The van der Waals surface area contributed by atoms with Gasteiger partial charge in [-0.3, -0.25) is 14.5 Å². The van der Waals surface area contributed by atoms with Crippen LogP contribution >= 0.6 is 11.6 Å². The van der Waals surface area contributed by atoms with E-state index < -0.39 is 12.0 Å². The summed E-state index contributed by atoms with van der Waals surface area (Å²) in [5, 5.41) is 3.74. The molecule has 1 atom stereocenters. The topological polar surface area (TPSA) is 75.7 Å². The molecule has 2 aliphatic rings. The van der Waals surface area contributed by atoms with E-state index in [-0.39, 0.29) is 28.7 Å². The summed E-state index contributed by atoms with van der Waals surface area (Å²) in [6.07, 6.45) is 1.000. The Hall–Kier alpha value is -3.90. The molecule has 1 heterocycles. The van der Waals surface area contributed by atoms with Gasteiger partial charge in [0.2, 0.25) is 5.91 Å². The maximum Gasteiger partial charge on any atom is 0.338 e. The molecule has 1 aliphatic carbocycles. The summed E-state index contributed by atoms with van der Waals surface area (Å²) < 4.78 is 5.47. The van der Waals surface area contributed by atoms with Crippen LogP contribution in [-0.2, 0) is 20.9 Å². The summed E-state index contributed by atoms with van der Waals surface area (Å²) in [5.41, 5.74) is 4.23. The molecule has 3 aromatic carbocycles. The van der Waals surface area contributed by atoms with Crippen LogP contribution < -0.4 is 10.2 Å². The highest BCUT2D eigenvalue weighted by Gasteiger charge is 2.43. The highest BCUT2D eigenvalue weighted by Crippen LogP contribution is 2.49. The number of halogens is 1. The fraction of sp³-hybridized carbons (Fsp3) is 0.258. The van der Waals surface area contributed by atoms with E-state index in [0.717, 1.165) is 16.9 Å². The molecule has 194 valence electrons. The maximum atomic E-state index is 13.7. The first-order valence-electron chi connectivity index (χ1n) is 12.6. The predicted octanol–water partition coefficient (Wildman–Crippen LogP) is 6.86. The maximum absolute atomic E-state index is 13.7. The number of ketones is 1. The normalized spacial score (nSPS) is 18.2. The molecule has 1 unspecified atom stereocenters. The van der Waals surface area contributed by atoms with Crippen LogP contribution in [0.25, 0.3) is 0 Å². The number of Topliss-reactive ketones (excluding diaryl/α,β-unsaturated/α-hetero) is 1.